The van der Waals surface area contributed by atoms with E-state index in [2.05, 4.69) is 16.5 Å². The molecule has 0 N–H and O–H groups in total. The average Bonchev–Trinajstić information content (AvgIpc) is 1.38. The van der Waals surface area contributed by atoms with Gasteiger partial charge in [-0.25, -0.2) is 0 Å². The predicted octanol–water partition coefficient (Wildman–Crippen LogP) is -3.22. The minimum absolute atomic E-state index is 0.247. The number of nitrogens with zero attached hydrogens (tertiary/aromatic N) is 1. The molecule has 32 valence electrons. The fourth-order valence-corrected chi connectivity index (χ4v) is 0. The molecule has 0 heterocycles. The molecular formula is H9NSSi3. The largest absolute Gasteiger partial charge is 0.312 e. The maximum Gasteiger partial charge on any atom is 0.0816 e. The molecule has 0 aromatic rings. The fraction of sp³-hybridized carbons (Fsp3) is 0. The zero-order valence-corrected chi connectivity index (χ0v) is 9.91. The molecule has 1 nitrogen and oxygen atoms in total. The summed E-state index contributed by atoms with van der Waals surface area (Å²) in [6.07, 6.45) is 0. The molecular weight excluding hydrogens is 130 g/mol. The first-order valence-electron chi connectivity index (χ1n) is 1.67. The quantitative estimate of drug-likeness (QED) is 0.296. The molecule has 0 atom stereocenters. The van der Waals surface area contributed by atoms with Crippen LogP contribution in [0.3, 0.4) is 0 Å². The minimum Gasteiger partial charge on any atom is -0.312 e. The van der Waals surface area contributed by atoms with Crippen LogP contribution in [-0.4, -0.2) is 33.0 Å². The van der Waals surface area contributed by atoms with Gasteiger partial charge in [-0.05, 0) is 0 Å². The summed E-state index contributed by atoms with van der Waals surface area (Å²) >= 11 is 4.09. The molecule has 0 amide bonds. The fourth-order valence-electron chi connectivity index (χ4n) is 0. The van der Waals surface area contributed by atoms with E-state index in [1.165, 1.54) is 9.76 Å². The van der Waals surface area contributed by atoms with E-state index in [1.54, 1.807) is 0 Å². The summed E-state index contributed by atoms with van der Waals surface area (Å²) in [5.74, 6) is 0. The first kappa shape index (κ1) is 5.96. The molecule has 0 spiro atoms. The van der Waals surface area contributed by atoms with Gasteiger partial charge in [-0.1, -0.05) is 0 Å². The lowest BCUT2D eigenvalue weighted by Gasteiger charge is -1.98. The summed E-state index contributed by atoms with van der Waals surface area (Å²) < 4.78 is 2.16. The number of thiol groups is 1. The molecule has 0 rings (SSSR count). The lowest BCUT2D eigenvalue weighted by Crippen LogP contribution is -2.12. The predicted molar refractivity (Wildman–Crippen MR) is 39.2 cm³/mol. The topological polar surface area (TPSA) is 3.24 Å². The van der Waals surface area contributed by atoms with Gasteiger partial charge in [0.2, 0.25) is 0 Å². The second-order valence-corrected chi connectivity index (χ2v) is 8.76. The third-order valence-electron chi connectivity index (χ3n) is 0.458. The molecule has 0 unspecified atom stereocenters. The number of hydrogen-bond acceptors (Lipinski definition) is 2. The van der Waals surface area contributed by atoms with Crippen LogP contribution in [-0.2, 0) is 0 Å². The van der Waals surface area contributed by atoms with Crippen molar-refractivity contribution in [3.63, 3.8) is 0 Å². The van der Waals surface area contributed by atoms with Crippen LogP contribution in [0.2, 0.25) is 0 Å². The number of hydrogen-bond donors (Lipinski definition) is 1. The van der Waals surface area contributed by atoms with Crippen molar-refractivity contribution in [2.24, 2.45) is 0 Å². The highest BCUT2D eigenvalue weighted by atomic mass is 32.1. The monoisotopic (exact) mass is 139 g/mol. The Kier molecular flexibility index (Phi) is 3.77. The molecule has 0 saturated carbocycles. The molecule has 0 aliphatic heterocycles. The third kappa shape index (κ3) is 4.96. The van der Waals surface area contributed by atoms with E-state index in [0.29, 0.717) is 0 Å². The van der Waals surface area contributed by atoms with Gasteiger partial charge in [0, 0.05) is 9.76 Å². The van der Waals surface area contributed by atoms with Gasteiger partial charge in [0.05, 0.1) is 19.6 Å². The van der Waals surface area contributed by atoms with Gasteiger partial charge in [0.25, 0.3) is 0 Å². The van der Waals surface area contributed by atoms with Gasteiger partial charge in [-0.3, -0.25) is 0 Å². The van der Waals surface area contributed by atoms with Crippen LogP contribution >= 0.6 is 12.8 Å². The summed E-state index contributed by atoms with van der Waals surface area (Å²) in [6.45, 7) is 0. The Hall–Kier alpha value is 0.961. The Balaban J connectivity index is 2.54. The van der Waals surface area contributed by atoms with Crippen LogP contribution in [0.25, 0.3) is 0 Å². The molecule has 5 heteroatoms. The molecule has 0 radical (unpaired) electrons. The highest BCUT2D eigenvalue weighted by molar-refractivity contribution is 7.80. The summed E-state index contributed by atoms with van der Waals surface area (Å²) in [5.41, 5.74) is 0. The van der Waals surface area contributed by atoms with Crippen molar-refractivity contribution >= 4 is 42.2 Å². The second-order valence-electron chi connectivity index (χ2n) is 0.974. The normalized spacial score (nSPS) is 13.2. The maximum absolute atomic E-state index is 4.09. The van der Waals surface area contributed by atoms with Crippen molar-refractivity contribution in [3.05, 3.63) is 0 Å². The molecule has 0 fully saturated rings. The van der Waals surface area contributed by atoms with E-state index in [0.717, 1.165) is 10.4 Å². The van der Waals surface area contributed by atoms with Crippen molar-refractivity contribution in [2.75, 3.05) is 0 Å². The maximum atomic E-state index is 4.09. The summed E-state index contributed by atoms with van der Waals surface area (Å²) in [5, 5.41) is 0. The Morgan fingerprint density at radius 2 is 2.00 bits per heavy atom. The smallest absolute Gasteiger partial charge is 0.0816 e. The zero-order chi connectivity index (χ0) is 4.28. The van der Waals surface area contributed by atoms with E-state index < -0.39 is 0 Å². The Morgan fingerprint density at radius 1 is 1.80 bits per heavy atom. The lowest BCUT2D eigenvalue weighted by atomic mass is 13.8. The highest BCUT2D eigenvalue weighted by Gasteiger charge is 1.75. The van der Waals surface area contributed by atoms with E-state index in [-0.39, 0.29) is 9.20 Å². The van der Waals surface area contributed by atoms with E-state index in [9.17, 15) is 0 Å². The van der Waals surface area contributed by atoms with Crippen molar-refractivity contribution in [2.45, 2.75) is 0 Å². The van der Waals surface area contributed by atoms with Gasteiger partial charge in [0.1, 0.15) is 0 Å². The Morgan fingerprint density at radius 3 is 2.00 bits per heavy atom. The number of rotatable bonds is 1. The van der Waals surface area contributed by atoms with Crippen LogP contribution in [0.1, 0.15) is 0 Å². The van der Waals surface area contributed by atoms with Crippen molar-refractivity contribution in [1.82, 2.24) is 3.64 Å². The van der Waals surface area contributed by atoms with Gasteiger partial charge >= 0.3 is 0 Å². The summed E-state index contributed by atoms with van der Waals surface area (Å²) in [4.78, 5) is 0. The van der Waals surface area contributed by atoms with E-state index in [1.807, 2.05) is 0 Å². The molecule has 0 aliphatic carbocycles. The van der Waals surface area contributed by atoms with Crippen LogP contribution in [0, 0.1) is 0 Å². The lowest BCUT2D eigenvalue weighted by molar-refractivity contribution is 1.23. The Labute approximate surface area is 46.3 Å². The van der Waals surface area contributed by atoms with E-state index in [4.69, 9.17) is 0 Å². The molecule has 0 aromatic heterocycles. The summed E-state index contributed by atoms with van der Waals surface area (Å²) in [7, 11) is 2.81. The first-order chi connectivity index (χ1) is 2.27. The van der Waals surface area contributed by atoms with Gasteiger partial charge < -0.3 is 3.64 Å². The standard InChI is InChI=1S/H9NSSi3/c2-1(3)5-4/h2H,5H2,3-4H3. The molecule has 0 aliphatic rings. The van der Waals surface area contributed by atoms with Crippen molar-refractivity contribution in [1.29, 1.82) is 0 Å². The van der Waals surface area contributed by atoms with Crippen LogP contribution in [0.5, 0.6) is 0 Å². The zero-order valence-electron chi connectivity index (χ0n) is 3.60. The average molecular weight is 139 g/mol. The summed E-state index contributed by atoms with van der Waals surface area (Å²) in [6, 6.07) is 0. The SMILES string of the molecule is [SiH3][SiH2]N([SiH3])S. The van der Waals surface area contributed by atoms with E-state index >= 15 is 0 Å². The molecule has 0 aromatic carbocycles. The minimum atomic E-state index is 0.247. The highest BCUT2D eigenvalue weighted by Crippen LogP contribution is 1.72. The second kappa shape index (κ2) is 3.16. The van der Waals surface area contributed by atoms with Crippen molar-refractivity contribution < 1.29 is 0 Å². The van der Waals surface area contributed by atoms with Gasteiger partial charge in [-0.2, -0.15) is 0 Å². The molecule has 5 heavy (non-hydrogen) atoms. The third-order valence-corrected chi connectivity index (χ3v) is 12.4. The van der Waals surface area contributed by atoms with Crippen LogP contribution < -0.4 is 0 Å². The first-order valence-corrected chi connectivity index (χ1v) is 9.25. The molecule has 0 bridgehead atoms. The Bertz CT molecular complexity index is 20.9. The van der Waals surface area contributed by atoms with Crippen LogP contribution in [0.15, 0.2) is 0 Å². The molecule has 0 saturated heterocycles. The van der Waals surface area contributed by atoms with Gasteiger partial charge in [0.15, 0.2) is 0 Å². The van der Waals surface area contributed by atoms with Crippen molar-refractivity contribution in [3.8, 4) is 0 Å². The van der Waals surface area contributed by atoms with Crippen LogP contribution in [0.4, 0.5) is 0 Å². The van der Waals surface area contributed by atoms with Gasteiger partial charge in [-0.15, -0.1) is 12.8 Å².